The predicted octanol–water partition coefficient (Wildman–Crippen LogP) is 3.73. The lowest BCUT2D eigenvalue weighted by molar-refractivity contribution is -0.485. The fourth-order valence-corrected chi connectivity index (χ4v) is 4.43. The maximum Gasteiger partial charge on any atom is 0.266 e. The third-order valence-corrected chi connectivity index (χ3v) is 6.93. The van der Waals surface area contributed by atoms with Gasteiger partial charge in [-0.2, -0.15) is 0 Å². The summed E-state index contributed by atoms with van der Waals surface area (Å²) < 4.78 is 1.73. The average molecular weight is 676 g/mol. The van der Waals surface area contributed by atoms with E-state index in [1.54, 1.807) is 12.1 Å². The Morgan fingerprint density at radius 3 is 1.98 bits per heavy atom. The van der Waals surface area contributed by atoms with E-state index in [1.165, 1.54) is 12.1 Å². The standard InChI is InChI=1S/C27H28Br2N6O5/c28-20-9-5-18(6-10-20)24(19-7-11-21(29)12-8-19)26(38)33-23(2-1-15-31-27(30)34-35(39)40)25(37)32-16-17-3-13-22(36)14-4-17/h3-14,23-24,36H,1-2,15-16H2,(H,32,37)(H,33,38)(H3,30,31,34)/t23-/m1/s1. The summed E-state index contributed by atoms with van der Waals surface area (Å²) >= 11 is 6.84. The predicted molar refractivity (Wildman–Crippen MR) is 158 cm³/mol. The van der Waals surface area contributed by atoms with Gasteiger partial charge in [0.2, 0.25) is 11.8 Å². The highest BCUT2D eigenvalue weighted by molar-refractivity contribution is 9.10. The van der Waals surface area contributed by atoms with E-state index < -0.39 is 22.9 Å². The Morgan fingerprint density at radius 2 is 1.45 bits per heavy atom. The minimum absolute atomic E-state index is 0.111. The van der Waals surface area contributed by atoms with Gasteiger partial charge in [-0.3, -0.25) is 9.59 Å². The van der Waals surface area contributed by atoms with Gasteiger partial charge < -0.3 is 26.8 Å². The quantitative estimate of drug-likeness (QED) is 0.0640. The van der Waals surface area contributed by atoms with Crippen molar-refractivity contribution in [2.45, 2.75) is 31.3 Å². The Balaban J connectivity index is 1.78. The van der Waals surface area contributed by atoms with Crippen molar-refractivity contribution in [1.29, 1.82) is 0 Å². The van der Waals surface area contributed by atoms with E-state index in [0.717, 1.165) is 25.6 Å². The number of hydrogen-bond acceptors (Lipinski definition) is 5. The molecule has 3 rings (SSSR count). The molecule has 11 nitrogen and oxygen atoms in total. The van der Waals surface area contributed by atoms with Crippen molar-refractivity contribution >= 4 is 49.6 Å². The van der Waals surface area contributed by atoms with E-state index in [-0.39, 0.29) is 37.1 Å². The lowest BCUT2D eigenvalue weighted by atomic mass is 9.90. The molecule has 0 bridgehead atoms. The number of hydrogen-bond donors (Lipinski definition) is 5. The van der Waals surface area contributed by atoms with Crippen LogP contribution < -0.4 is 21.7 Å². The number of guanidine groups is 1. The number of nitrogens with zero attached hydrogens (tertiary/aromatic N) is 2. The van der Waals surface area contributed by atoms with Crippen LogP contribution in [0.15, 0.2) is 86.8 Å². The molecule has 0 fully saturated rings. The molecular formula is C27H28Br2N6O5. The molecule has 3 aromatic carbocycles. The number of carbonyl (C=O) groups is 2. The second kappa shape index (κ2) is 15.0. The molecule has 0 aromatic heterocycles. The molecule has 3 aromatic rings. The van der Waals surface area contributed by atoms with Gasteiger partial charge in [-0.1, -0.05) is 68.3 Å². The van der Waals surface area contributed by atoms with E-state index >= 15 is 0 Å². The zero-order valence-corrected chi connectivity index (χ0v) is 24.4. The molecule has 6 N–H and O–H groups in total. The number of nitrogens with one attached hydrogen (secondary N) is 3. The first-order valence-electron chi connectivity index (χ1n) is 12.2. The minimum Gasteiger partial charge on any atom is -0.508 e. The van der Waals surface area contributed by atoms with Crippen LogP contribution in [0.4, 0.5) is 0 Å². The summed E-state index contributed by atoms with van der Waals surface area (Å²) in [6.45, 7) is 0.388. The number of nitro groups is 1. The third-order valence-electron chi connectivity index (χ3n) is 5.87. The van der Waals surface area contributed by atoms with Gasteiger partial charge in [0.05, 0.1) is 5.92 Å². The van der Waals surface area contributed by atoms with E-state index in [2.05, 4.69) is 52.9 Å². The highest BCUT2D eigenvalue weighted by atomic mass is 79.9. The minimum atomic E-state index is -0.910. The number of halogens is 2. The number of phenolic OH excluding ortho intramolecular Hbond substituents is 1. The van der Waals surface area contributed by atoms with Gasteiger partial charge in [0, 0.05) is 22.0 Å². The van der Waals surface area contributed by atoms with Crippen LogP contribution in [0, 0.1) is 10.1 Å². The Bertz CT molecular complexity index is 1290. The second-order valence-electron chi connectivity index (χ2n) is 8.77. The van der Waals surface area contributed by atoms with Crippen molar-refractivity contribution in [3.63, 3.8) is 0 Å². The van der Waals surface area contributed by atoms with Crippen molar-refractivity contribution in [2.75, 3.05) is 6.54 Å². The van der Waals surface area contributed by atoms with Gasteiger partial charge in [0.15, 0.2) is 5.03 Å². The molecule has 1 atom stereocenters. The van der Waals surface area contributed by atoms with Crippen molar-refractivity contribution in [1.82, 2.24) is 16.0 Å². The van der Waals surface area contributed by atoms with Crippen LogP contribution in [0.2, 0.25) is 0 Å². The Hall–Kier alpha value is -3.97. The first-order valence-corrected chi connectivity index (χ1v) is 13.8. The van der Waals surface area contributed by atoms with Crippen molar-refractivity contribution in [3.8, 4) is 5.75 Å². The Morgan fingerprint density at radius 1 is 0.900 bits per heavy atom. The zero-order valence-electron chi connectivity index (χ0n) is 21.2. The number of aromatic hydroxyl groups is 1. The van der Waals surface area contributed by atoms with E-state index in [4.69, 9.17) is 5.73 Å². The summed E-state index contributed by atoms with van der Waals surface area (Å²) in [5.41, 5.74) is 7.73. The summed E-state index contributed by atoms with van der Waals surface area (Å²) in [6, 6.07) is 20.3. The monoisotopic (exact) mass is 674 g/mol. The van der Waals surface area contributed by atoms with Gasteiger partial charge in [-0.25, -0.2) is 10.1 Å². The van der Waals surface area contributed by atoms with Gasteiger partial charge in [-0.15, -0.1) is 0 Å². The lowest BCUT2D eigenvalue weighted by Gasteiger charge is -2.23. The second-order valence-corrected chi connectivity index (χ2v) is 10.6. The SMILES string of the molecule is N/C(=N/[N+](=O)[O-])NCCC[C@@H](NC(=O)C(c1ccc(Br)cc1)c1ccc(Br)cc1)C(=O)NCc1ccc(O)cc1. The van der Waals surface area contributed by atoms with Crippen LogP contribution in [-0.2, 0) is 16.1 Å². The molecule has 0 heterocycles. The molecule has 13 heteroatoms. The van der Waals surface area contributed by atoms with Crippen LogP contribution >= 0.6 is 31.9 Å². The summed E-state index contributed by atoms with van der Waals surface area (Å²) in [5, 5.41) is 30.4. The lowest BCUT2D eigenvalue weighted by Crippen LogP contribution is -2.48. The smallest absolute Gasteiger partial charge is 0.266 e. The molecule has 0 radical (unpaired) electrons. The molecule has 40 heavy (non-hydrogen) atoms. The highest BCUT2D eigenvalue weighted by Gasteiger charge is 2.28. The Kier molecular flexibility index (Phi) is 11.5. The molecule has 0 saturated carbocycles. The number of nitrogens with two attached hydrogens (primary N) is 1. The van der Waals surface area contributed by atoms with Crippen LogP contribution in [-0.4, -0.2) is 40.5 Å². The first-order chi connectivity index (χ1) is 19.1. The average Bonchev–Trinajstić information content (AvgIpc) is 2.91. The molecule has 0 saturated heterocycles. The van der Waals surface area contributed by atoms with Crippen LogP contribution in [0.3, 0.4) is 0 Å². The molecule has 2 amide bonds. The fourth-order valence-electron chi connectivity index (χ4n) is 3.90. The summed E-state index contributed by atoms with van der Waals surface area (Å²) in [5.74, 6) is -1.70. The summed E-state index contributed by atoms with van der Waals surface area (Å²) in [6.07, 6.45) is 0.575. The number of rotatable bonds is 12. The summed E-state index contributed by atoms with van der Waals surface area (Å²) in [4.78, 5) is 37.4. The largest absolute Gasteiger partial charge is 0.508 e. The normalized spacial score (nSPS) is 12.0. The third kappa shape index (κ3) is 9.65. The molecule has 0 aliphatic heterocycles. The summed E-state index contributed by atoms with van der Waals surface area (Å²) in [7, 11) is 0. The Labute approximate surface area is 247 Å². The number of amides is 2. The first kappa shape index (κ1) is 30.6. The number of carbonyl (C=O) groups excluding carboxylic acids is 2. The molecule has 0 spiro atoms. The molecule has 0 unspecified atom stereocenters. The van der Waals surface area contributed by atoms with Gasteiger partial charge in [-0.05, 0) is 65.9 Å². The van der Waals surface area contributed by atoms with E-state index in [1.807, 2.05) is 48.5 Å². The maximum atomic E-state index is 13.7. The number of benzene rings is 3. The molecule has 0 aliphatic rings. The highest BCUT2D eigenvalue weighted by Crippen LogP contribution is 2.28. The number of hydrazone groups is 1. The molecule has 0 aliphatic carbocycles. The van der Waals surface area contributed by atoms with Crippen LogP contribution in [0.1, 0.15) is 35.4 Å². The number of phenols is 1. The zero-order chi connectivity index (χ0) is 29.1. The van der Waals surface area contributed by atoms with Gasteiger partial charge >= 0.3 is 0 Å². The maximum absolute atomic E-state index is 13.7. The van der Waals surface area contributed by atoms with Crippen LogP contribution in [0.25, 0.3) is 0 Å². The van der Waals surface area contributed by atoms with Crippen molar-refractivity contribution < 1.29 is 19.7 Å². The van der Waals surface area contributed by atoms with Crippen molar-refractivity contribution in [2.24, 2.45) is 10.8 Å². The van der Waals surface area contributed by atoms with Crippen molar-refractivity contribution in [3.05, 3.63) is 109 Å². The molecular weight excluding hydrogens is 648 g/mol. The topological polar surface area (TPSA) is 172 Å². The molecule has 210 valence electrons. The van der Waals surface area contributed by atoms with E-state index in [0.29, 0.717) is 6.42 Å². The van der Waals surface area contributed by atoms with E-state index in [9.17, 15) is 24.8 Å². The van der Waals surface area contributed by atoms with Crippen LogP contribution in [0.5, 0.6) is 5.75 Å². The van der Waals surface area contributed by atoms with Gasteiger partial charge in [0.1, 0.15) is 16.9 Å². The van der Waals surface area contributed by atoms with Gasteiger partial charge in [0.25, 0.3) is 5.96 Å². The fraction of sp³-hybridized carbons (Fsp3) is 0.222.